The Hall–Kier alpha value is -1.75. The lowest BCUT2D eigenvalue weighted by Crippen LogP contribution is -2.42. The molecule has 1 saturated heterocycles. The van der Waals surface area contributed by atoms with Crippen LogP contribution in [0.5, 0.6) is 5.75 Å². The number of ether oxygens (including phenoxy) is 1. The van der Waals surface area contributed by atoms with Gasteiger partial charge in [0.05, 0.1) is 12.8 Å². The molecule has 0 saturated carbocycles. The van der Waals surface area contributed by atoms with Gasteiger partial charge in [0.1, 0.15) is 5.75 Å². The highest BCUT2D eigenvalue weighted by Gasteiger charge is 2.23. The molecule has 5 nitrogen and oxygen atoms in total. The molecule has 0 radical (unpaired) electrons. The summed E-state index contributed by atoms with van der Waals surface area (Å²) in [6.45, 7) is 4.85. The molecule has 2 N–H and O–H groups in total. The normalized spacial score (nSPS) is 22.7. The van der Waals surface area contributed by atoms with Gasteiger partial charge < -0.3 is 20.3 Å². The summed E-state index contributed by atoms with van der Waals surface area (Å²) in [5, 5.41) is 6.37. The van der Waals surface area contributed by atoms with Crippen molar-refractivity contribution in [2.24, 2.45) is 0 Å². The minimum Gasteiger partial charge on any atom is -0.495 e. The minimum absolute atomic E-state index is 0.0703. The molecule has 1 aromatic carbocycles. The van der Waals surface area contributed by atoms with Gasteiger partial charge in [-0.25, -0.2) is 0 Å². The topological polar surface area (TPSA) is 53.6 Å². The number of anilines is 2. The van der Waals surface area contributed by atoms with Gasteiger partial charge in [-0.1, -0.05) is 0 Å². The average Bonchev–Trinajstić information content (AvgIpc) is 2.43. The monoisotopic (exact) mass is 291 g/mol. The predicted octanol–water partition coefficient (Wildman–Crippen LogP) is 2.55. The van der Waals surface area contributed by atoms with Crippen LogP contribution < -0.4 is 15.4 Å². The highest BCUT2D eigenvalue weighted by atomic mass is 16.5. The summed E-state index contributed by atoms with van der Waals surface area (Å²) in [6, 6.07) is 6.66. The van der Waals surface area contributed by atoms with E-state index in [1.807, 2.05) is 18.2 Å². The Morgan fingerprint density at radius 3 is 2.81 bits per heavy atom. The number of hydrogen-bond donors (Lipinski definition) is 2. The number of rotatable bonds is 4. The average molecular weight is 291 g/mol. The van der Waals surface area contributed by atoms with Crippen molar-refractivity contribution in [1.82, 2.24) is 4.90 Å². The van der Waals surface area contributed by atoms with Crippen molar-refractivity contribution in [3.8, 4) is 5.75 Å². The zero-order valence-electron chi connectivity index (χ0n) is 13.3. The van der Waals surface area contributed by atoms with Gasteiger partial charge in [-0.15, -0.1) is 0 Å². The van der Waals surface area contributed by atoms with Crippen LogP contribution in [0.25, 0.3) is 0 Å². The maximum atomic E-state index is 11.2. The van der Waals surface area contributed by atoms with Crippen molar-refractivity contribution < 1.29 is 9.53 Å². The van der Waals surface area contributed by atoms with Crippen molar-refractivity contribution in [3.63, 3.8) is 0 Å². The van der Waals surface area contributed by atoms with E-state index >= 15 is 0 Å². The first kappa shape index (κ1) is 15.6. The number of methoxy groups -OCH3 is 1. The van der Waals surface area contributed by atoms with E-state index in [0.717, 1.165) is 36.5 Å². The first-order valence-corrected chi connectivity index (χ1v) is 7.42. The Morgan fingerprint density at radius 2 is 2.19 bits per heavy atom. The molecule has 2 atom stereocenters. The van der Waals surface area contributed by atoms with Crippen LogP contribution in [0.2, 0.25) is 0 Å². The molecule has 1 aromatic rings. The fourth-order valence-electron chi connectivity index (χ4n) is 2.74. The molecule has 1 aliphatic heterocycles. The first-order chi connectivity index (χ1) is 9.99. The lowest BCUT2D eigenvalue weighted by Gasteiger charge is -2.36. The number of nitrogens with one attached hydrogen (secondary N) is 2. The number of nitrogens with zero attached hydrogens (tertiary/aromatic N) is 1. The molecule has 1 aliphatic rings. The molecular weight excluding hydrogens is 266 g/mol. The van der Waals surface area contributed by atoms with Crippen molar-refractivity contribution in [1.29, 1.82) is 0 Å². The van der Waals surface area contributed by atoms with Crippen molar-refractivity contribution in [2.45, 2.75) is 38.8 Å². The second-order valence-corrected chi connectivity index (χ2v) is 5.79. The quantitative estimate of drug-likeness (QED) is 0.895. The lowest BCUT2D eigenvalue weighted by molar-refractivity contribution is -0.114. The van der Waals surface area contributed by atoms with Gasteiger partial charge in [0.2, 0.25) is 5.91 Å². The van der Waals surface area contributed by atoms with Crippen LogP contribution in [-0.2, 0) is 4.79 Å². The van der Waals surface area contributed by atoms with Crippen molar-refractivity contribution in [2.75, 3.05) is 31.3 Å². The summed E-state index contributed by atoms with van der Waals surface area (Å²) < 4.78 is 5.41. The van der Waals surface area contributed by atoms with Crippen molar-refractivity contribution in [3.05, 3.63) is 18.2 Å². The van der Waals surface area contributed by atoms with Gasteiger partial charge in [-0.2, -0.15) is 0 Å². The van der Waals surface area contributed by atoms with E-state index < -0.39 is 0 Å². The number of hydrogen-bond acceptors (Lipinski definition) is 4. The van der Waals surface area contributed by atoms with E-state index in [4.69, 9.17) is 4.74 Å². The Balaban J connectivity index is 2.11. The maximum Gasteiger partial charge on any atom is 0.221 e. The zero-order valence-corrected chi connectivity index (χ0v) is 13.3. The Labute approximate surface area is 126 Å². The molecular formula is C16H25N3O2. The number of carbonyl (C=O) groups excluding carboxylic acids is 1. The second-order valence-electron chi connectivity index (χ2n) is 5.79. The minimum atomic E-state index is -0.0703. The Kier molecular flexibility index (Phi) is 5.07. The largest absolute Gasteiger partial charge is 0.495 e. The fourth-order valence-corrected chi connectivity index (χ4v) is 2.74. The van der Waals surface area contributed by atoms with Gasteiger partial charge in [0.15, 0.2) is 0 Å². The summed E-state index contributed by atoms with van der Waals surface area (Å²) >= 11 is 0. The zero-order chi connectivity index (χ0) is 15.4. The van der Waals surface area contributed by atoms with E-state index in [9.17, 15) is 4.79 Å². The van der Waals surface area contributed by atoms with Gasteiger partial charge >= 0.3 is 0 Å². The van der Waals surface area contributed by atoms with Gasteiger partial charge in [0.25, 0.3) is 0 Å². The molecule has 1 amide bonds. The molecule has 5 heteroatoms. The standard InChI is InChI=1S/C16H25N3O2/c1-11-9-14(7-8-19(11)3)18-15-10-13(17-12(2)20)5-6-16(15)21-4/h5-6,10-11,14,18H,7-9H2,1-4H3,(H,17,20). The smallest absolute Gasteiger partial charge is 0.221 e. The molecule has 0 bridgehead atoms. The van der Waals surface area contributed by atoms with Crippen molar-refractivity contribution >= 4 is 17.3 Å². The Bertz CT molecular complexity index is 504. The number of amides is 1. The third kappa shape index (κ3) is 4.11. The van der Waals surface area contributed by atoms with Crippen LogP contribution in [0.3, 0.4) is 0 Å². The summed E-state index contributed by atoms with van der Waals surface area (Å²) in [5.41, 5.74) is 1.72. The number of carbonyl (C=O) groups is 1. The highest BCUT2D eigenvalue weighted by Crippen LogP contribution is 2.30. The SMILES string of the molecule is COc1ccc(NC(C)=O)cc1NC1CCN(C)C(C)C1. The molecule has 2 unspecified atom stereocenters. The number of benzene rings is 1. The molecule has 0 aliphatic carbocycles. The maximum absolute atomic E-state index is 11.2. The highest BCUT2D eigenvalue weighted by molar-refractivity contribution is 5.89. The van der Waals surface area contributed by atoms with E-state index in [1.54, 1.807) is 7.11 Å². The molecule has 2 rings (SSSR count). The molecule has 116 valence electrons. The van der Waals surface area contributed by atoms with E-state index in [-0.39, 0.29) is 5.91 Å². The second kappa shape index (κ2) is 6.80. The fraction of sp³-hybridized carbons (Fsp3) is 0.562. The van der Waals surface area contributed by atoms with Gasteiger partial charge in [-0.3, -0.25) is 4.79 Å². The number of likely N-dealkylation sites (tertiary alicyclic amines) is 1. The molecule has 1 heterocycles. The Morgan fingerprint density at radius 1 is 1.43 bits per heavy atom. The lowest BCUT2D eigenvalue weighted by atomic mass is 9.98. The van der Waals surface area contributed by atoms with Crippen LogP contribution in [0, 0.1) is 0 Å². The predicted molar refractivity (Wildman–Crippen MR) is 86.0 cm³/mol. The molecule has 0 spiro atoms. The number of piperidine rings is 1. The molecule has 21 heavy (non-hydrogen) atoms. The van der Waals surface area contributed by atoms with Crippen LogP contribution in [0.4, 0.5) is 11.4 Å². The summed E-state index contributed by atoms with van der Waals surface area (Å²) in [5.74, 6) is 0.731. The summed E-state index contributed by atoms with van der Waals surface area (Å²) in [6.07, 6.45) is 2.21. The first-order valence-electron chi connectivity index (χ1n) is 7.42. The van der Waals surface area contributed by atoms with Crippen LogP contribution in [0.1, 0.15) is 26.7 Å². The summed E-state index contributed by atoms with van der Waals surface area (Å²) in [4.78, 5) is 13.6. The van der Waals surface area contributed by atoms with Crippen LogP contribution in [-0.4, -0.2) is 43.6 Å². The van der Waals surface area contributed by atoms with Gasteiger partial charge in [-0.05, 0) is 45.0 Å². The molecule has 0 aromatic heterocycles. The van der Waals surface area contributed by atoms with E-state index in [0.29, 0.717) is 12.1 Å². The third-order valence-corrected chi connectivity index (χ3v) is 4.09. The summed E-state index contributed by atoms with van der Waals surface area (Å²) in [7, 11) is 3.83. The van der Waals surface area contributed by atoms with E-state index in [1.165, 1.54) is 6.92 Å². The molecule has 1 fully saturated rings. The van der Waals surface area contributed by atoms with Crippen LogP contribution >= 0.6 is 0 Å². The van der Waals surface area contributed by atoms with Crippen LogP contribution in [0.15, 0.2) is 18.2 Å². The van der Waals surface area contributed by atoms with E-state index in [2.05, 4.69) is 29.5 Å². The van der Waals surface area contributed by atoms with Gasteiger partial charge in [0, 0.05) is 31.2 Å². The third-order valence-electron chi connectivity index (χ3n) is 4.09.